The Hall–Kier alpha value is -0.450. The third-order valence-corrected chi connectivity index (χ3v) is 3.34. The van der Waals surface area contributed by atoms with Gasteiger partial charge in [0, 0.05) is 18.5 Å². The van der Waals surface area contributed by atoms with Gasteiger partial charge in [0.2, 0.25) is 0 Å². The normalized spacial score (nSPS) is 23.2. The van der Waals surface area contributed by atoms with Crippen molar-refractivity contribution < 1.29 is 14.6 Å². The van der Waals surface area contributed by atoms with Crippen LogP contribution in [-0.4, -0.2) is 53.7 Å². The minimum atomic E-state index is -0.438. The second kappa shape index (κ2) is 7.09. The van der Waals surface area contributed by atoms with Crippen molar-refractivity contribution in [2.75, 3.05) is 19.8 Å². The Morgan fingerprint density at radius 1 is 1.53 bits per heavy atom. The molecule has 0 saturated carbocycles. The number of likely N-dealkylation sites (tertiary alicyclic amines) is 1. The summed E-state index contributed by atoms with van der Waals surface area (Å²) in [4.78, 5) is 13.1. The Morgan fingerprint density at radius 3 is 2.82 bits per heavy atom. The summed E-state index contributed by atoms with van der Waals surface area (Å²) in [5, 5.41) is 10.1. The molecule has 0 bridgehead atoms. The van der Waals surface area contributed by atoms with Crippen molar-refractivity contribution in [1.82, 2.24) is 4.90 Å². The van der Waals surface area contributed by atoms with Crippen molar-refractivity contribution in [3.63, 3.8) is 0 Å². The third-order valence-electron chi connectivity index (χ3n) is 3.34. The van der Waals surface area contributed by atoms with Gasteiger partial charge in [0.1, 0.15) is 5.78 Å². The minimum absolute atomic E-state index is 0.129. The first-order chi connectivity index (χ1) is 8.02. The predicted octanol–water partition coefficient (Wildman–Crippen LogP) is 1.22. The van der Waals surface area contributed by atoms with Crippen LogP contribution in [0, 0.1) is 0 Å². The number of Topliss-reactive ketones (excluding diaryl/α,β-unsaturated/α-hetero) is 1. The molecule has 1 heterocycles. The number of carbonyl (C=O) groups is 1. The summed E-state index contributed by atoms with van der Waals surface area (Å²) in [7, 11) is 0. The van der Waals surface area contributed by atoms with Crippen LogP contribution >= 0.6 is 0 Å². The highest BCUT2D eigenvalue weighted by atomic mass is 16.5. The standard InChI is InChI=1S/C13H25NO3/c1-10(2)14-7-4-5-12(14)13(16)9-17-8-6-11(3)15/h10,12-13,16H,4-9H2,1-3H3/t12-,13+/m0/s1. The lowest BCUT2D eigenvalue weighted by atomic mass is 10.1. The van der Waals surface area contributed by atoms with Gasteiger partial charge in [0.15, 0.2) is 0 Å². The molecule has 0 radical (unpaired) electrons. The van der Waals surface area contributed by atoms with Crippen LogP contribution < -0.4 is 0 Å². The molecule has 1 N–H and O–H groups in total. The topological polar surface area (TPSA) is 49.8 Å². The highest BCUT2D eigenvalue weighted by Gasteiger charge is 2.31. The summed E-state index contributed by atoms with van der Waals surface area (Å²) >= 11 is 0. The second-order valence-corrected chi connectivity index (χ2v) is 5.14. The van der Waals surface area contributed by atoms with E-state index in [0.717, 1.165) is 19.4 Å². The number of carbonyl (C=O) groups excluding carboxylic acids is 1. The lowest BCUT2D eigenvalue weighted by Gasteiger charge is -2.31. The third kappa shape index (κ3) is 4.74. The lowest BCUT2D eigenvalue weighted by molar-refractivity contribution is -0.118. The van der Waals surface area contributed by atoms with Crippen LogP contribution in [0.25, 0.3) is 0 Å². The molecule has 0 aromatic heterocycles. The number of ether oxygens (including phenoxy) is 1. The van der Waals surface area contributed by atoms with Gasteiger partial charge in [-0.15, -0.1) is 0 Å². The Balaban J connectivity index is 2.26. The first-order valence-corrected chi connectivity index (χ1v) is 6.53. The monoisotopic (exact) mass is 243 g/mol. The number of hydrogen-bond donors (Lipinski definition) is 1. The molecule has 1 saturated heterocycles. The Labute approximate surface area is 104 Å². The maximum atomic E-state index is 10.7. The molecule has 4 nitrogen and oxygen atoms in total. The first-order valence-electron chi connectivity index (χ1n) is 6.53. The molecule has 0 spiro atoms. The van der Waals surface area contributed by atoms with Gasteiger partial charge in [-0.3, -0.25) is 9.69 Å². The largest absolute Gasteiger partial charge is 0.389 e. The zero-order chi connectivity index (χ0) is 12.8. The van der Waals surface area contributed by atoms with E-state index in [0.29, 0.717) is 25.7 Å². The number of aliphatic hydroxyl groups excluding tert-OH is 1. The van der Waals surface area contributed by atoms with E-state index < -0.39 is 6.10 Å². The number of nitrogens with zero attached hydrogens (tertiary/aromatic N) is 1. The van der Waals surface area contributed by atoms with E-state index in [1.54, 1.807) is 6.92 Å². The summed E-state index contributed by atoms with van der Waals surface area (Å²) in [6, 6.07) is 0.682. The average Bonchev–Trinajstić information content (AvgIpc) is 2.72. The molecule has 0 unspecified atom stereocenters. The van der Waals surface area contributed by atoms with E-state index in [4.69, 9.17) is 4.74 Å². The van der Waals surface area contributed by atoms with Gasteiger partial charge in [-0.25, -0.2) is 0 Å². The maximum Gasteiger partial charge on any atom is 0.132 e. The molecule has 100 valence electrons. The van der Waals surface area contributed by atoms with Crippen molar-refractivity contribution in [2.45, 2.75) is 58.2 Å². The van der Waals surface area contributed by atoms with Gasteiger partial charge >= 0.3 is 0 Å². The van der Waals surface area contributed by atoms with Gasteiger partial charge in [-0.05, 0) is 40.2 Å². The van der Waals surface area contributed by atoms with Crippen LogP contribution in [0.2, 0.25) is 0 Å². The van der Waals surface area contributed by atoms with Crippen molar-refractivity contribution in [3.8, 4) is 0 Å². The molecule has 17 heavy (non-hydrogen) atoms. The molecule has 1 rings (SSSR count). The average molecular weight is 243 g/mol. The molecule has 1 aliphatic heterocycles. The molecule has 0 aromatic carbocycles. The van der Waals surface area contributed by atoms with Crippen LogP contribution in [0.15, 0.2) is 0 Å². The molecule has 1 aliphatic rings. The lowest BCUT2D eigenvalue weighted by Crippen LogP contribution is -2.44. The number of hydrogen-bond acceptors (Lipinski definition) is 4. The SMILES string of the molecule is CC(=O)CCOC[C@@H](O)[C@@H]1CCCN1C(C)C. The van der Waals surface area contributed by atoms with Gasteiger partial charge in [0.05, 0.1) is 19.3 Å². The van der Waals surface area contributed by atoms with Crippen molar-refractivity contribution in [2.24, 2.45) is 0 Å². The fourth-order valence-electron chi connectivity index (χ4n) is 2.40. The Bertz CT molecular complexity index is 243. The van der Waals surface area contributed by atoms with Crippen LogP contribution in [0.1, 0.15) is 40.0 Å². The smallest absolute Gasteiger partial charge is 0.132 e. The van der Waals surface area contributed by atoms with Crippen LogP contribution in [0.4, 0.5) is 0 Å². The summed E-state index contributed by atoms with van der Waals surface area (Å²) in [5.41, 5.74) is 0. The van der Waals surface area contributed by atoms with Gasteiger partial charge in [-0.1, -0.05) is 0 Å². The highest BCUT2D eigenvalue weighted by molar-refractivity contribution is 5.75. The minimum Gasteiger partial charge on any atom is -0.389 e. The van der Waals surface area contributed by atoms with E-state index in [-0.39, 0.29) is 11.8 Å². The van der Waals surface area contributed by atoms with Crippen LogP contribution in [0.3, 0.4) is 0 Å². The Kier molecular flexibility index (Phi) is 6.09. The Morgan fingerprint density at radius 2 is 2.24 bits per heavy atom. The zero-order valence-corrected chi connectivity index (χ0v) is 11.2. The summed E-state index contributed by atoms with van der Waals surface area (Å²) < 4.78 is 5.35. The molecular weight excluding hydrogens is 218 g/mol. The fraction of sp³-hybridized carbons (Fsp3) is 0.923. The fourth-order valence-corrected chi connectivity index (χ4v) is 2.40. The zero-order valence-electron chi connectivity index (χ0n) is 11.2. The molecule has 4 heteroatoms. The quantitative estimate of drug-likeness (QED) is 0.683. The van der Waals surface area contributed by atoms with Crippen molar-refractivity contribution >= 4 is 5.78 Å². The van der Waals surface area contributed by atoms with Crippen molar-refractivity contribution in [3.05, 3.63) is 0 Å². The molecule has 0 aliphatic carbocycles. The number of aliphatic hydroxyl groups is 1. The van der Waals surface area contributed by atoms with Gasteiger partial charge in [-0.2, -0.15) is 0 Å². The molecular formula is C13H25NO3. The molecule has 2 atom stereocenters. The van der Waals surface area contributed by atoms with Gasteiger partial charge in [0.25, 0.3) is 0 Å². The van der Waals surface area contributed by atoms with E-state index in [9.17, 15) is 9.90 Å². The number of ketones is 1. The predicted molar refractivity (Wildman–Crippen MR) is 67.0 cm³/mol. The molecule has 1 fully saturated rings. The summed E-state index contributed by atoms with van der Waals surface area (Å²) in [6.45, 7) is 7.68. The second-order valence-electron chi connectivity index (χ2n) is 5.14. The summed E-state index contributed by atoms with van der Waals surface area (Å²) in [5.74, 6) is 0.129. The number of rotatable bonds is 7. The first kappa shape index (κ1) is 14.6. The van der Waals surface area contributed by atoms with E-state index in [1.165, 1.54) is 0 Å². The van der Waals surface area contributed by atoms with Gasteiger partial charge < -0.3 is 9.84 Å². The van der Waals surface area contributed by atoms with Crippen LogP contribution in [-0.2, 0) is 9.53 Å². The summed E-state index contributed by atoms with van der Waals surface area (Å²) in [6.07, 6.45) is 2.18. The highest BCUT2D eigenvalue weighted by Crippen LogP contribution is 2.22. The van der Waals surface area contributed by atoms with E-state index in [1.807, 2.05) is 0 Å². The van der Waals surface area contributed by atoms with Crippen LogP contribution in [0.5, 0.6) is 0 Å². The van der Waals surface area contributed by atoms with E-state index in [2.05, 4.69) is 18.7 Å². The molecule has 0 aromatic rings. The van der Waals surface area contributed by atoms with Crippen molar-refractivity contribution in [1.29, 1.82) is 0 Å². The van der Waals surface area contributed by atoms with E-state index >= 15 is 0 Å². The molecule has 0 amide bonds. The maximum absolute atomic E-state index is 10.7.